The van der Waals surface area contributed by atoms with E-state index in [9.17, 15) is 0 Å². The number of benzene rings is 1. The molecule has 4 heteroatoms. The molecule has 0 saturated heterocycles. The van der Waals surface area contributed by atoms with Crippen LogP contribution in [0.2, 0.25) is 0 Å². The fourth-order valence-corrected chi connectivity index (χ4v) is 2.43. The van der Waals surface area contributed by atoms with Gasteiger partial charge in [-0.25, -0.2) is 4.98 Å². The predicted octanol–water partition coefficient (Wildman–Crippen LogP) is 2.63. The van der Waals surface area contributed by atoms with Crippen molar-refractivity contribution in [2.24, 2.45) is 7.05 Å². The Morgan fingerprint density at radius 2 is 2.11 bits per heavy atom. The van der Waals surface area contributed by atoms with Gasteiger partial charge in [-0.15, -0.1) is 0 Å². The molecular formula is C15H17N3O. The number of aryl methyl sites for hydroxylation is 3. The minimum Gasteiger partial charge on any atom is -0.496 e. The van der Waals surface area contributed by atoms with E-state index in [4.69, 9.17) is 4.74 Å². The number of nitrogens with zero attached hydrogens (tertiary/aromatic N) is 3. The van der Waals surface area contributed by atoms with E-state index in [0.29, 0.717) is 0 Å². The molecule has 0 unspecified atom stereocenters. The minimum absolute atomic E-state index is 0.918. The molecule has 0 amide bonds. The Labute approximate surface area is 112 Å². The molecule has 1 aromatic carbocycles. The normalized spacial score (nSPS) is 11.1. The van der Waals surface area contributed by atoms with Crippen LogP contribution in [-0.4, -0.2) is 21.2 Å². The molecule has 0 aliphatic rings. The zero-order chi connectivity index (χ0) is 13.2. The van der Waals surface area contributed by atoms with E-state index in [1.54, 1.807) is 7.11 Å². The van der Waals surface area contributed by atoms with Crippen molar-refractivity contribution in [1.82, 2.24) is 14.1 Å². The van der Waals surface area contributed by atoms with E-state index in [0.717, 1.165) is 29.9 Å². The van der Waals surface area contributed by atoms with Crippen LogP contribution in [0.1, 0.15) is 5.82 Å². The van der Waals surface area contributed by atoms with E-state index < -0.39 is 0 Å². The van der Waals surface area contributed by atoms with Crippen LogP contribution in [0.5, 0.6) is 5.75 Å². The molecule has 0 bridgehead atoms. The lowest BCUT2D eigenvalue weighted by Crippen LogP contribution is -2.04. The summed E-state index contributed by atoms with van der Waals surface area (Å²) in [5.74, 6) is 2.03. The topological polar surface area (TPSA) is 32.0 Å². The lowest BCUT2D eigenvalue weighted by Gasteiger charge is -2.07. The molecule has 2 aromatic heterocycles. The van der Waals surface area contributed by atoms with Gasteiger partial charge in [-0.1, -0.05) is 6.07 Å². The van der Waals surface area contributed by atoms with E-state index in [-0.39, 0.29) is 0 Å². The third-order valence-electron chi connectivity index (χ3n) is 3.49. The summed E-state index contributed by atoms with van der Waals surface area (Å²) in [5, 5.41) is 1.16. The Morgan fingerprint density at radius 1 is 1.21 bits per heavy atom. The van der Waals surface area contributed by atoms with Crippen molar-refractivity contribution in [2.45, 2.75) is 13.0 Å². The molecular weight excluding hydrogens is 238 g/mol. The summed E-state index contributed by atoms with van der Waals surface area (Å²) in [5.41, 5.74) is 1.20. The van der Waals surface area contributed by atoms with Gasteiger partial charge in [0.25, 0.3) is 0 Å². The quantitative estimate of drug-likeness (QED) is 0.717. The Bertz CT molecular complexity index is 696. The van der Waals surface area contributed by atoms with E-state index in [1.165, 1.54) is 5.52 Å². The van der Waals surface area contributed by atoms with Gasteiger partial charge in [-0.3, -0.25) is 0 Å². The van der Waals surface area contributed by atoms with E-state index in [2.05, 4.69) is 32.4 Å². The van der Waals surface area contributed by atoms with Crippen LogP contribution in [0.4, 0.5) is 0 Å². The molecule has 19 heavy (non-hydrogen) atoms. The van der Waals surface area contributed by atoms with Gasteiger partial charge in [0.15, 0.2) is 0 Å². The summed E-state index contributed by atoms with van der Waals surface area (Å²) >= 11 is 0. The highest BCUT2D eigenvalue weighted by atomic mass is 16.5. The second kappa shape index (κ2) is 4.80. The van der Waals surface area contributed by atoms with Gasteiger partial charge < -0.3 is 13.9 Å². The average Bonchev–Trinajstić information content (AvgIpc) is 3.02. The van der Waals surface area contributed by atoms with Gasteiger partial charge in [0, 0.05) is 44.0 Å². The zero-order valence-electron chi connectivity index (χ0n) is 11.2. The maximum Gasteiger partial charge on any atom is 0.128 e. The summed E-state index contributed by atoms with van der Waals surface area (Å²) in [6.07, 6.45) is 6.85. The van der Waals surface area contributed by atoms with Gasteiger partial charge >= 0.3 is 0 Å². The summed E-state index contributed by atoms with van der Waals surface area (Å²) in [4.78, 5) is 4.35. The first kappa shape index (κ1) is 11.8. The largest absolute Gasteiger partial charge is 0.496 e. The van der Waals surface area contributed by atoms with Crippen LogP contribution in [0.15, 0.2) is 42.9 Å². The fourth-order valence-electron chi connectivity index (χ4n) is 2.43. The third-order valence-corrected chi connectivity index (χ3v) is 3.49. The smallest absolute Gasteiger partial charge is 0.128 e. The van der Waals surface area contributed by atoms with Crippen LogP contribution in [0.25, 0.3) is 10.9 Å². The van der Waals surface area contributed by atoms with Gasteiger partial charge in [0.05, 0.1) is 12.6 Å². The number of hydrogen-bond donors (Lipinski definition) is 0. The van der Waals surface area contributed by atoms with Crippen molar-refractivity contribution in [3.8, 4) is 5.75 Å². The molecule has 2 heterocycles. The molecule has 0 spiro atoms. The maximum absolute atomic E-state index is 5.38. The third kappa shape index (κ3) is 2.10. The zero-order valence-corrected chi connectivity index (χ0v) is 11.2. The SMILES string of the molecule is COc1cccc2c1ccn2CCc1nccn1C. The Balaban J connectivity index is 1.88. The average molecular weight is 255 g/mol. The van der Waals surface area contributed by atoms with Crippen molar-refractivity contribution >= 4 is 10.9 Å². The van der Waals surface area contributed by atoms with Crippen LogP contribution in [-0.2, 0) is 20.0 Å². The number of ether oxygens (including phenoxy) is 1. The number of aromatic nitrogens is 3. The number of hydrogen-bond acceptors (Lipinski definition) is 2. The lowest BCUT2D eigenvalue weighted by atomic mass is 10.2. The lowest BCUT2D eigenvalue weighted by molar-refractivity contribution is 0.420. The highest BCUT2D eigenvalue weighted by molar-refractivity contribution is 5.86. The predicted molar refractivity (Wildman–Crippen MR) is 75.4 cm³/mol. The molecule has 0 fully saturated rings. The summed E-state index contributed by atoms with van der Waals surface area (Å²) in [6, 6.07) is 8.24. The monoisotopic (exact) mass is 255 g/mol. The highest BCUT2D eigenvalue weighted by Crippen LogP contribution is 2.26. The van der Waals surface area contributed by atoms with E-state index in [1.807, 2.05) is 31.6 Å². The van der Waals surface area contributed by atoms with E-state index >= 15 is 0 Å². The number of imidazole rings is 1. The molecule has 0 aliphatic heterocycles. The van der Waals surface area contributed by atoms with Gasteiger partial charge in [-0.2, -0.15) is 0 Å². The van der Waals surface area contributed by atoms with Gasteiger partial charge in [-0.05, 0) is 18.2 Å². The molecule has 0 radical (unpaired) electrons. The fraction of sp³-hybridized carbons (Fsp3) is 0.267. The molecule has 98 valence electrons. The second-order valence-corrected chi connectivity index (χ2v) is 4.61. The first-order chi connectivity index (χ1) is 9.29. The van der Waals surface area contributed by atoms with Crippen molar-refractivity contribution in [3.05, 3.63) is 48.7 Å². The highest BCUT2D eigenvalue weighted by Gasteiger charge is 2.06. The molecule has 4 nitrogen and oxygen atoms in total. The number of methoxy groups -OCH3 is 1. The molecule has 3 rings (SSSR count). The Kier molecular flexibility index (Phi) is 2.99. The van der Waals surface area contributed by atoms with Gasteiger partial charge in [0.1, 0.15) is 11.6 Å². The van der Waals surface area contributed by atoms with Crippen molar-refractivity contribution < 1.29 is 4.74 Å². The first-order valence-corrected chi connectivity index (χ1v) is 6.37. The van der Waals surface area contributed by atoms with Crippen molar-refractivity contribution in [1.29, 1.82) is 0 Å². The summed E-state index contributed by atoms with van der Waals surface area (Å²) in [6.45, 7) is 0.918. The minimum atomic E-state index is 0.918. The van der Waals surface area contributed by atoms with Crippen molar-refractivity contribution in [2.75, 3.05) is 7.11 Å². The molecule has 3 aromatic rings. The van der Waals surface area contributed by atoms with Crippen LogP contribution < -0.4 is 4.74 Å². The van der Waals surface area contributed by atoms with Crippen LogP contribution in [0, 0.1) is 0 Å². The Hall–Kier alpha value is -2.23. The summed E-state index contributed by atoms with van der Waals surface area (Å²) in [7, 11) is 3.74. The second-order valence-electron chi connectivity index (χ2n) is 4.61. The van der Waals surface area contributed by atoms with Crippen molar-refractivity contribution in [3.63, 3.8) is 0 Å². The van der Waals surface area contributed by atoms with Gasteiger partial charge in [0.2, 0.25) is 0 Å². The standard InChI is InChI=1S/C15H17N3O/c1-17-11-8-16-15(17)7-10-18-9-6-12-13(18)4-3-5-14(12)19-2/h3-6,8-9,11H,7,10H2,1-2H3. The maximum atomic E-state index is 5.38. The number of rotatable bonds is 4. The van der Waals surface area contributed by atoms with Crippen LogP contribution >= 0.6 is 0 Å². The molecule has 0 aliphatic carbocycles. The first-order valence-electron chi connectivity index (χ1n) is 6.37. The molecule has 0 saturated carbocycles. The number of fused-ring (bicyclic) bond motifs is 1. The summed E-state index contributed by atoms with van der Waals surface area (Å²) < 4.78 is 9.68. The molecule has 0 N–H and O–H groups in total. The molecule has 0 atom stereocenters. The Morgan fingerprint density at radius 3 is 2.84 bits per heavy atom. The van der Waals surface area contributed by atoms with Crippen LogP contribution in [0.3, 0.4) is 0 Å².